The van der Waals surface area contributed by atoms with Gasteiger partial charge < -0.3 is 68.3 Å². The largest absolute Gasteiger partial charge is 0.481 e. The lowest BCUT2D eigenvalue weighted by atomic mass is 9.98. The lowest BCUT2D eigenvalue weighted by Gasteiger charge is -2.31. The van der Waals surface area contributed by atoms with E-state index in [-0.39, 0.29) is 50.1 Å². The second kappa shape index (κ2) is 30.6. The normalized spacial score (nSPS) is 16.2. The molecule has 0 unspecified atom stereocenters. The van der Waals surface area contributed by atoms with E-state index in [2.05, 4.69) is 37.2 Å². The smallest absolute Gasteiger partial charge is 0.326 e. The lowest BCUT2D eigenvalue weighted by molar-refractivity contribution is -0.144. The van der Waals surface area contributed by atoms with Crippen LogP contribution < -0.4 is 43.0 Å². The Hall–Kier alpha value is -8.10. The molecule has 0 bridgehead atoms. The fraction of sp³-hybridized carbons (Fsp3) is 0.529. The second-order valence-electron chi connectivity index (χ2n) is 19.6. The van der Waals surface area contributed by atoms with Crippen LogP contribution in [0.2, 0.25) is 0 Å². The number of likely N-dealkylation sites (tertiary alicyclic amines) is 1. The van der Waals surface area contributed by atoms with Crippen molar-refractivity contribution in [2.75, 3.05) is 6.54 Å². The molecule has 1 aliphatic heterocycles. The van der Waals surface area contributed by atoms with Crippen LogP contribution in [-0.2, 0) is 70.4 Å². The van der Waals surface area contributed by atoms with Gasteiger partial charge in [-0.3, -0.25) is 52.7 Å². The first-order chi connectivity index (χ1) is 36.6. The molecule has 428 valence electrons. The van der Waals surface area contributed by atoms with Gasteiger partial charge in [-0.2, -0.15) is 0 Å². The topological polar surface area (TPSA) is 399 Å². The van der Waals surface area contributed by atoms with Crippen molar-refractivity contribution in [2.24, 2.45) is 17.6 Å². The van der Waals surface area contributed by atoms with Crippen molar-refractivity contribution in [2.45, 2.75) is 153 Å². The molecule has 0 saturated carbocycles. The van der Waals surface area contributed by atoms with E-state index in [1.54, 1.807) is 58.0 Å². The molecule has 1 fully saturated rings. The van der Waals surface area contributed by atoms with Crippen LogP contribution in [0.5, 0.6) is 0 Å². The Kier molecular flexibility index (Phi) is 25.2. The van der Waals surface area contributed by atoms with E-state index < -0.39 is 175 Å². The third-order valence-electron chi connectivity index (χ3n) is 12.4. The van der Waals surface area contributed by atoms with E-state index in [1.807, 2.05) is 0 Å². The van der Waals surface area contributed by atoms with Crippen molar-refractivity contribution in [1.29, 1.82) is 0 Å². The molecule has 0 aromatic heterocycles. The monoisotopic (exact) mass is 1100 g/mol. The number of nitrogens with two attached hydrogens (primary N) is 1. The maximum Gasteiger partial charge on any atom is 0.326 e. The molecule has 13 N–H and O–H groups in total. The van der Waals surface area contributed by atoms with Gasteiger partial charge in [0.05, 0.1) is 12.5 Å². The van der Waals surface area contributed by atoms with Gasteiger partial charge in [-0.15, -0.1) is 0 Å². The minimum absolute atomic E-state index is 0.0607. The van der Waals surface area contributed by atoms with Gasteiger partial charge in [0.25, 0.3) is 0 Å². The Bertz CT molecular complexity index is 2520. The van der Waals surface area contributed by atoms with Crippen molar-refractivity contribution in [3.8, 4) is 0 Å². The van der Waals surface area contributed by atoms with Gasteiger partial charge in [0.1, 0.15) is 48.3 Å². The van der Waals surface area contributed by atoms with E-state index in [1.165, 1.54) is 0 Å². The number of carboxylic acid groups (broad SMARTS) is 4. The molecule has 27 heteroatoms. The van der Waals surface area contributed by atoms with Gasteiger partial charge in [0.15, 0.2) is 11.6 Å². The minimum Gasteiger partial charge on any atom is -0.481 e. The summed E-state index contributed by atoms with van der Waals surface area (Å²) in [6, 6.07) is -2.63. The molecule has 8 amide bonds. The van der Waals surface area contributed by atoms with Gasteiger partial charge in [0.2, 0.25) is 47.3 Å². The number of hydrogen-bond acceptors (Lipinski definition) is 13. The van der Waals surface area contributed by atoms with Gasteiger partial charge in [0, 0.05) is 32.2 Å². The zero-order valence-electron chi connectivity index (χ0n) is 43.7. The summed E-state index contributed by atoms with van der Waals surface area (Å²) in [5.41, 5.74) is 6.01. The highest BCUT2D eigenvalue weighted by Gasteiger charge is 2.41. The maximum absolute atomic E-state index is 15.2. The van der Waals surface area contributed by atoms with E-state index in [0.717, 1.165) is 30.0 Å². The van der Waals surface area contributed by atoms with Crippen LogP contribution in [0.15, 0.2) is 48.5 Å². The summed E-state index contributed by atoms with van der Waals surface area (Å²) in [5.74, 6) is -17.4. The van der Waals surface area contributed by atoms with Gasteiger partial charge >= 0.3 is 23.9 Å². The van der Waals surface area contributed by atoms with E-state index in [9.17, 15) is 77.2 Å². The van der Waals surface area contributed by atoms with E-state index in [4.69, 9.17) is 10.8 Å². The molecule has 0 radical (unpaired) electrons. The van der Waals surface area contributed by atoms with Gasteiger partial charge in [-0.25, -0.2) is 13.6 Å². The SMILES string of the molecule is CC(C)C[C@H](NC(=O)[C@@H](NC(=O)[C@@H](N)CCC(=O)O)C(C)C)C(=O)N[C@@H](Cc1cccc(F)c1F)C(=O)N1CCC[C@@H]1C(=O)N[C@@H](CC(=O)O)C(=O)N[C@@H](C)C(=O)N[C@@H](CCC(=O)O)C(=O)N[C@@H](Cc1ccccc1)C(=O)O. The Balaban J connectivity index is 1.85. The molecule has 1 aliphatic rings. The predicted octanol–water partition coefficient (Wildman–Crippen LogP) is -0.527. The lowest BCUT2D eigenvalue weighted by Crippen LogP contribution is -2.61. The van der Waals surface area contributed by atoms with Gasteiger partial charge in [-0.1, -0.05) is 70.2 Å². The number of nitrogens with zero attached hydrogens (tertiary/aromatic N) is 1. The molecule has 3 rings (SSSR count). The number of carboxylic acids is 4. The number of carbonyl (C=O) groups is 12. The van der Waals surface area contributed by atoms with Gasteiger partial charge in [-0.05, 0) is 68.1 Å². The van der Waals surface area contributed by atoms with E-state index >= 15 is 4.39 Å². The Morgan fingerprint density at radius 1 is 0.603 bits per heavy atom. The molecule has 2 aromatic rings. The molecular weight excluding hydrogens is 1030 g/mol. The zero-order valence-corrected chi connectivity index (χ0v) is 43.7. The first-order valence-electron chi connectivity index (χ1n) is 25.1. The van der Waals surface area contributed by atoms with Crippen molar-refractivity contribution in [1.82, 2.24) is 42.1 Å². The molecule has 0 aliphatic carbocycles. The molecule has 1 saturated heterocycles. The molecule has 78 heavy (non-hydrogen) atoms. The predicted molar refractivity (Wildman–Crippen MR) is 270 cm³/mol. The van der Waals surface area contributed by atoms with Crippen LogP contribution in [0.1, 0.15) is 97.1 Å². The summed E-state index contributed by atoms with van der Waals surface area (Å²) in [7, 11) is 0. The fourth-order valence-corrected chi connectivity index (χ4v) is 8.26. The first-order valence-corrected chi connectivity index (χ1v) is 25.1. The minimum atomic E-state index is -1.93. The molecule has 1 heterocycles. The Labute approximate surface area is 447 Å². The number of hydrogen-bond donors (Lipinski definition) is 12. The standard InChI is InChI=1S/C51H69F2N9O16/c1-25(2)21-33(58-49(75)42(26(3)4)61-44(70)31(54)16-18-38(63)64)47(73)59-35(23-29-13-9-14-30(52)41(29)53)50(76)62-20-10-15-37(62)48(74)57-34(24-40(67)68)46(72)55-27(5)43(69)56-32(17-19-39(65)66)45(71)60-36(51(77)78)22-28-11-7-6-8-12-28/h6-9,11-14,25-27,31-37,42H,10,15-24,54H2,1-5H3,(H,55,72)(H,56,69)(H,57,74)(H,58,75)(H,59,73)(H,60,71)(H,61,70)(H,63,64)(H,65,66)(H,67,68)(H,77,78)/t27-,31-,32-,33-,34-,35-,36-,37+,42-/m0/s1. The van der Waals surface area contributed by atoms with Crippen molar-refractivity contribution in [3.05, 3.63) is 71.3 Å². The first kappa shape index (κ1) is 64.2. The zero-order chi connectivity index (χ0) is 58.6. The average molecular weight is 1100 g/mol. The summed E-state index contributed by atoms with van der Waals surface area (Å²) >= 11 is 0. The van der Waals surface area contributed by atoms with Crippen LogP contribution >= 0.6 is 0 Å². The highest BCUT2D eigenvalue weighted by atomic mass is 19.2. The Morgan fingerprint density at radius 2 is 1.18 bits per heavy atom. The highest BCUT2D eigenvalue weighted by molar-refractivity contribution is 5.99. The van der Waals surface area contributed by atoms with Crippen molar-refractivity contribution in [3.63, 3.8) is 0 Å². The summed E-state index contributed by atoms with van der Waals surface area (Å²) in [6.45, 7) is 7.51. The highest BCUT2D eigenvalue weighted by Crippen LogP contribution is 2.22. The summed E-state index contributed by atoms with van der Waals surface area (Å²) in [6.07, 6.45) is -3.82. The number of rotatable bonds is 31. The number of amides is 8. The number of carbonyl (C=O) groups excluding carboxylic acids is 8. The number of benzene rings is 2. The molecule has 0 spiro atoms. The average Bonchev–Trinajstić information content (AvgIpc) is 3.87. The number of halogens is 2. The Morgan fingerprint density at radius 3 is 1.77 bits per heavy atom. The van der Waals surface area contributed by atoms with Crippen LogP contribution in [0.3, 0.4) is 0 Å². The molecule has 25 nitrogen and oxygen atoms in total. The summed E-state index contributed by atoms with van der Waals surface area (Å²) in [4.78, 5) is 157. The fourth-order valence-electron chi connectivity index (χ4n) is 8.26. The number of aliphatic carboxylic acids is 4. The van der Waals surface area contributed by atoms with Crippen molar-refractivity contribution < 1.29 is 86.7 Å². The second-order valence-corrected chi connectivity index (χ2v) is 19.6. The molecule has 2 aromatic carbocycles. The van der Waals surface area contributed by atoms with E-state index in [0.29, 0.717) is 5.56 Å². The van der Waals surface area contributed by atoms with Crippen LogP contribution in [0, 0.1) is 23.5 Å². The number of nitrogens with one attached hydrogen (secondary N) is 7. The van der Waals surface area contributed by atoms with Crippen molar-refractivity contribution >= 4 is 71.1 Å². The summed E-state index contributed by atoms with van der Waals surface area (Å²) < 4.78 is 29.8. The molecule has 9 atom stereocenters. The van der Waals surface area contributed by atoms with Crippen LogP contribution in [0.4, 0.5) is 8.78 Å². The summed E-state index contributed by atoms with van der Waals surface area (Å²) in [5, 5.41) is 54.5. The maximum atomic E-state index is 15.2. The molecular formula is C51H69F2N9O16. The van der Waals surface area contributed by atoms with Crippen LogP contribution in [-0.4, -0.2) is 157 Å². The quantitative estimate of drug-likeness (QED) is 0.0452. The third kappa shape index (κ3) is 20.5. The van der Waals surface area contributed by atoms with Crippen LogP contribution in [0.25, 0.3) is 0 Å². The third-order valence-corrected chi connectivity index (χ3v) is 12.4.